The normalized spacial score (nSPS) is 10.9. The van der Waals surface area contributed by atoms with Crippen LogP contribution in [-0.4, -0.2) is 15.9 Å². The minimum absolute atomic E-state index is 0.164. The highest BCUT2D eigenvalue weighted by Crippen LogP contribution is 2.32. The molecule has 0 fully saturated rings. The van der Waals surface area contributed by atoms with Crippen molar-refractivity contribution in [1.82, 2.24) is 9.97 Å². The lowest BCUT2D eigenvalue weighted by molar-refractivity contribution is 0.0985. The molecule has 0 saturated heterocycles. The zero-order chi connectivity index (χ0) is 18.8. The molecule has 1 amide bonds. The lowest BCUT2D eigenvalue weighted by Gasteiger charge is -2.19. The summed E-state index contributed by atoms with van der Waals surface area (Å²) in [6, 6.07) is 17.9. The van der Waals surface area contributed by atoms with Gasteiger partial charge in [0.1, 0.15) is 0 Å². The third-order valence-electron chi connectivity index (χ3n) is 3.95. The lowest BCUT2D eigenvalue weighted by Crippen LogP contribution is -2.30. The molecule has 27 heavy (non-hydrogen) atoms. The van der Waals surface area contributed by atoms with Crippen LogP contribution < -0.4 is 4.90 Å². The molecule has 2 aromatic heterocycles. The molecule has 4 nitrogen and oxygen atoms in total. The monoisotopic (exact) mass is 413 g/mol. The first-order valence-corrected chi connectivity index (χ1v) is 9.71. The van der Waals surface area contributed by atoms with Crippen molar-refractivity contribution in [2.45, 2.75) is 6.54 Å². The number of thiazole rings is 1. The van der Waals surface area contributed by atoms with E-state index in [0.29, 0.717) is 27.3 Å². The molecule has 0 aliphatic heterocycles. The first-order valence-electron chi connectivity index (χ1n) is 8.13. The van der Waals surface area contributed by atoms with Gasteiger partial charge in [-0.05, 0) is 54.6 Å². The summed E-state index contributed by atoms with van der Waals surface area (Å²) >= 11 is 13.5. The zero-order valence-corrected chi connectivity index (χ0v) is 16.3. The number of benzene rings is 2. The minimum atomic E-state index is -0.164. The smallest absolute Gasteiger partial charge is 0.260 e. The van der Waals surface area contributed by atoms with Gasteiger partial charge < -0.3 is 0 Å². The Labute approximate surface area is 170 Å². The molecule has 4 aromatic rings. The third kappa shape index (κ3) is 3.95. The number of amides is 1. The van der Waals surface area contributed by atoms with Crippen LogP contribution in [0.3, 0.4) is 0 Å². The molecule has 7 heteroatoms. The minimum Gasteiger partial charge on any atom is -0.278 e. The van der Waals surface area contributed by atoms with E-state index in [1.807, 2.05) is 30.3 Å². The van der Waals surface area contributed by atoms with E-state index in [2.05, 4.69) is 9.97 Å². The molecule has 0 aliphatic rings. The van der Waals surface area contributed by atoms with E-state index >= 15 is 0 Å². The Kier molecular flexibility index (Phi) is 5.07. The predicted octanol–water partition coefficient (Wildman–Crippen LogP) is 5.85. The maximum atomic E-state index is 13.2. The largest absolute Gasteiger partial charge is 0.278 e. The van der Waals surface area contributed by atoms with Gasteiger partial charge in [0, 0.05) is 21.8 Å². The molecular formula is C20H13Cl2N3OS. The van der Waals surface area contributed by atoms with Crippen molar-refractivity contribution >= 4 is 55.8 Å². The number of fused-ring (bicyclic) bond motifs is 1. The van der Waals surface area contributed by atoms with E-state index in [1.54, 1.807) is 41.4 Å². The number of hydrogen-bond donors (Lipinski definition) is 0. The van der Waals surface area contributed by atoms with Crippen LogP contribution in [-0.2, 0) is 6.54 Å². The summed E-state index contributed by atoms with van der Waals surface area (Å²) in [5, 5.41) is 1.81. The third-order valence-corrected chi connectivity index (χ3v) is 5.48. The van der Waals surface area contributed by atoms with E-state index in [-0.39, 0.29) is 5.91 Å². The number of anilines is 1. The summed E-state index contributed by atoms with van der Waals surface area (Å²) < 4.78 is 0.924. The molecule has 2 aromatic carbocycles. The van der Waals surface area contributed by atoms with Crippen LogP contribution in [0.25, 0.3) is 10.2 Å². The number of rotatable bonds is 4. The molecule has 2 heterocycles. The fourth-order valence-electron chi connectivity index (χ4n) is 2.63. The van der Waals surface area contributed by atoms with Gasteiger partial charge in [-0.1, -0.05) is 40.6 Å². The summed E-state index contributed by atoms with van der Waals surface area (Å²) in [6.07, 6.45) is 1.71. The van der Waals surface area contributed by atoms with E-state index in [1.165, 1.54) is 11.3 Å². The zero-order valence-electron chi connectivity index (χ0n) is 14.0. The average Bonchev–Trinajstić information content (AvgIpc) is 3.10. The number of halogens is 2. The molecule has 0 radical (unpaired) electrons. The average molecular weight is 414 g/mol. The van der Waals surface area contributed by atoms with Gasteiger partial charge in [0.25, 0.3) is 5.91 Å². The molecule has 0 unspecified atom stereocenters. The summed E-state index contributed by atoms with van der Waals surface area (Å²) in [5.74, 6) is -0.164. The first-order chi connectivity index (χ1) is 13.1. The number of hydrogen-bond acceptors (Lipinski definition) is 4. The quantitative estimate of drug-likeness (QED) is 0.421. The molecule has 4 rings (SSSR count). The Balaban J connectivity index is 1.76. The van der Waals surface area contributed by atoms with Gasteiger partial charge in [-0.15, -0.1) is 0 Å². The molecule has 0 atom stereocenters. The van der Waals surface area contributed by atoms with Gasteiger partial charge in [-0.3, -0.25) is 14.7 Å². The summed E-state index contributed by atoms with van der Waals surface area (Å²) in [4.78, 5) is 23.8. The van der Waals surface area contributed by atoms with Gasteiger partial charge in [0.2, 0.25) is 0 Å². The number of pyridine rings is 1. The Morgan fingerprint density at radius 1 is 1.00 bits per heavy atom. The van der Waals surface area contributed by atoms with Crippen molar-refractivity contribution in [3.8, 4) is 0 Å². The maximum Gasteiger partial charge on any atom is 0.260 e. The molecule has 0 saturated carbocycles. The van der Waals surface area contributed by atoms with Gasteiger partial charge in [-0.25, -0.2) is 4.98 Å². The molecule has 0 N–H and O–H groups in total. The van der Waals surface area contributed by atoms with Crippen molar-refractivity contribution in [2.75, 3.05) is 4.90 Å². The topological polar surface area (TPSA) is 46.1 Å². The Hall–Kier alpha value is -2.47. The molecule has 0 aliphatic carbocycles. The summed E-state index contributed by atoms with van der Waals surface area (Å²) in [7, 11) is 0. The fraction of sp³-hybridized carbons (Fsp3) is 0.0500. The van der Waals surface area contributed by atoms with Crippen molar-refractivity contribution < 1.29 is 4.79 Å². The second kappa shape index (κ2) is 7.64. The Bertz CT molecular complexity index is 1100. The van der Waals surface area contributed by atoms with Gasteiger partial charge in [0.15, 0.2) is 5.13 Å². The molecular weight excluding hydrogens is 401 g/mol. The van der Waals surface area contributed by atoms with Crippen LogP contribution in [0, 0.1) is 0 Å². The number of carbonyl (C=O) groups is 1. The van der Waals surface area contributed by atoms with Crippen molar-refractivity contribution in [1.29, 1.82) is 0 Å². The van der Waals surface area contributed by atoms with Crippen LogP contribution in [0.1, 0.15) is 16.1 Å². The molecule has 134 valence electrons. The van der Waals surface area contributed by atoms with Crippen LogP contribution in [0.4, 0.5) is 5.13 Å². The Morgan fingerprint density at radius 3 is 2.52 bits per heavy atom. The number of aromatic nitrogens is 2. The second-order valence-corrected chi connectivity index (χ2v) is 7.71. The maximum absolute atomic E-state index is 13.2. The predicted molar refractivity (Wildman–Crippen MR) is 111 cm³/mol. The lowest BCUT2D eigenvalue weighted by atomic mass is 10.2. The summed E-state index contributed by atoms with van der Waals surface area (Å²) in [6.45, 7) is 0.315. The highest BCUT2D eigenvalue weighted by Gasteiger charge is 2.22. The van der Waals surface area contributed by atoms with E-state index in [4.69, 9.17) is 23.2 Å². The number of carbonyl (C=O) groups excluding carboxylic acids is 1. The van der Waals surface area contributed by atoms with Crippen molar-refractivity contribution in [3.63, 3.8) is 0 Å². The SMILES string of the molecule is O=C(c1ccc(Cl)cc1)N(Cc1ccccn1)c1nc2ccc(Cl)cc2s1. The Morgan fingerprint density at radius 2 is 1.78 bits per heavy atom. The van der Waals surface area contributed by atoms with E-state index in [9.17, 15) is 4.79 Å². The van der Waals surface area contributed by atoms with Gasteiger partial charge in [-0.2, -0.15) is 0 Å². The van der Waals surface area contributed by atoms with Crippen LogP contribution >= 0.6 is 34.5 Å². The first kappa shape index (κ1) is 17.9. The number of nitrogens with zero attached hydrogens (tertiary/aromatic N) is 3. The van der Waals surface area contributed by atoms with Crippen LogP contribution in [0.5, 0.6) is 0 Å². The van der Waals surface area contributed by atoms with E-state index in [0.717, 1.165) is 15.9 Å². The van der Waals surface area contributed by atoms with E-state index < -0.39 is 0 Å². The standard InChI is InChI=1S/C20H13Cl2N3OS/c21-14-6-4-13(5-7-14)19(26)25(12-16-3-1-2-10-23-16)20-24-17-9-8-15(22)11-18(17)27-20/h1-11H,12H2. The van der Waals surface area contributed by atoms with Crippen LogP contribution in [0.15, 0.2) is 66.9 Å². The molecule has 0 bridgehead atoms. The van der Waals surface area contributed by atoms with Gasteiger partial charge in [0.05, 0.1) is 22.5 Å². The summed E-state index contributed by atoms with van der Waals surface area (Å²) in [5.41, 5.74) is 2.11. The second-order valence-electron chi connectivity index (χ2n) is 5.83. The van der Waals surface area contributed by atoms with Crippen molar-refractivity contribution in [3.05, 3.63) is 88.2 Å². The fourth-order valence-corrected chi connectivity index (χ4v) is 4.00. The highest BCUT2D eigenvalue weighted by atomic mass is 35.5. The van der Waals surface area contributed by atoms with Crippen LogP contribution in [0.2, 0.25) is 10.0 Å². The van der Waals surface area contributed by atoms with Gasteiger partial charge >= 0.3 is 0 Å². The molecule has 0 spiro atoms. The van der Waals surface area contributed by atoms with Crippen molar-refractivity contribution in [2.24, 2.45) is 0 Å². The highest BCUT2D eigenvalue weighted by molar-refractivity contribution is 7.22.